The molecule has 1 aromatic carbocycles. The number of carbonyl (C=O) groups is 1. The number of benzene rings is 1. The number of rotatable bonds is 5. The molecule has 1 N–H and O–H groups in total. The van der Waals surface area contributed by atoms with E-state index >= 15 is 0 Å². The molecule has 26 heavy (non-hydrogen) atoms. The van der Waals surface area contributed by atoms with Crippen molar-refractivity contribution in [3.8, 4) is 0 Å². The molecular formula is C21H28N4O. The van der Waals surface area contributed by atoms with E-state index in [9.17, 15) is 4.79 Å². The Kier molecular flexibility index (Phi) is 5.89. The van der Waals surface area contributed by atoms with E-state index in [0.29, 0.717) is 11.5 Å². The van der Waals surface area contributed by atoms with Crippen LogP contribution in [0, 0.1) is 0 Å². The number of piperazine rings is 1. The van der Waals surface area contributed by atoms with Crippen LogP contribution in [0.5, 0.6) is 0 Å². The molecule has 0 saturated carbocycles. The number of para-hydroxylation sites is 1. The summed E-state index contributed by atoms with van der Waals surface area (Å²) >= 11 is 0. The van der Waals surface area contributed by atoms with Crippen LogP contribution >= 0.6 is 0 Å². The summed E-state index contributed by atoms with van der Waals surface area (Å²) in [4.78, 5) is 21.9. The van der Waals surface area contributed by atoms with Crippen molar-refractivity contribution in [2.24, 2.45) is 0 Å². The van der Waals surface area contributed by atoms with Gasteiger partial charge in [0.05, 0.1) is 0 Å². The summed E-state index contributed by atoms with van der Waals surface area (Å²) in [6.45, 7) is 11.5. The Hall–Kier alpha value is -2.40. The number of aromatic nitrogens is 1. The molecule has 0 radical (unpaired) electrons. The van der Waals surface area contributed by atoms with Crippen LogP contribution < -0.4 is 10.2 Å². The largest absolute Gasteiger partial charge is 0.354 e. The maximum Gasteiger partial charge on any atom is 0.255 e. The van der Waals surface area contributed by atoms with Gasteiger partial charge in [-0.05, 0) is 36.2 Å². The van der Waals surface area contributed by atoms with Crippen molar-refractivity contribution in [2.75, 3.05) is 42.9 Å². The van der Waals surface area contributed by atoms with Crippen molar-refractivity contribution in [2.45, 2.75) is 26.7 Å². The normalized spacial score (nSPS) is 15.3. The Morgan fingerprint density at radius 1 is 1.15 bits per heavy atom. The molecule has 138 valence electrons. The molecule has 0 bridgehead atoms. The number of hydrogen-bond donors (Lipinski definition) is 1. The van der Waals surface area contributed by atoms with Gasteiger partial charge in [-0.1, -0.05) is 39.0 Å². The van der Waals surface area contributed by atoms with Gasteiger partial charge in [0.25, 0.3) is 5.91 Å². The van der Waals surface area contributed by atoms with Crippen molar-refractivity contribution < 1.29 is 4.79 Å². The van der Waals surface area contributed by atoms with Crippen LogP contribution in [0.1, 0.15) is 42.6 Å². The summed E-state index contributed by atoms with van der Waals surface area (Å²) in [6.07, 6.45) is 1.73. The summed E-state index contributed by atoms with van der Waals surface area (Å²) in [5.41, 5.74) is 2.67. The molecule has 2 aromatic rings. The van der Waals surface area contributed by atoms with E-state index in [-0.39, 0.29) is 5.91 Å². The van der Waals surface area contributed by atoms with Gasteiger partial charge < -0.3 is 15.1 Å². The highest BCUT2D eigenvalue weighted by atomic mass is 16.1. The molecule has 2 heterocycles. The monoisotopic (exact) mass is 352 g/mol. The average molecular weight is 352 g/mol. The maximum atomic E-state index is 12.8. The van der Waals surface area contributed by atoms with Gasteiger partial charge in [0.15, 0.2) is 0 Å². The Bertz CT molecular complexity index is 751. The molecule has 5 heteroatoms. The Balaban J connectivity index is 1.73. The third-order valence-electron chi connectivity index (χ3n) is 4.98. The number of likely N-dealkylation sites (N-methyl/N-ethyl adjacent to an activating group) is 1. The van der Waals surface area contributed by atoms with Crippen LogP contribution in [-0.2, 0) is 0 Å². The summed E-state index contributed by atoms with van der Waals surface area (Å²) < 4.78 is 0. The molecule has 1 aliphatic heterocycles. The predicted molar refractivity (Wildman–Crippen MR) is 107 cm³/mol. The van der Waals surface area contributed by atoms with Gasteiger partial charge in [0.1, 0.15) is 5.82 Å². The number of hydrogen-bond acceptors (Lipinski definition) is 4. The average Bonchev–Trinajstić information content (AvgIpc) is 2.68. The molecule has 1 amide bonds. The summed E-state index contributed by atoms with van der Waals surface area (Å²) in [5.74, 6) is 1.15. The highest BCUT2D eigenvalue weighted by Gasteiger charge is 2.18. The molecule has 0 unspecified atom stereocenters. The van der Waals surface area contributed by atoms with E-state index in [1.807, 2.05) is 24.3 Å². The third kappa shape index (κ3) is 4.22. The lowest BCUT2D eigenvalue weighted by Crippen LogP contribution is -2.46. The quantitative estimate of drug-likeness (QED) is 0.893. The van der Waals surface area contributed by atoms with E-state index in [0.717, 1.165) is 49.8 Å². The molecule has 5 nitrogen and oxygen atoms in total. The second-order valence-electron chi connectivity index (χ2n) is 7.02. The number of amides is 1. The molecule has 1 saturated heterocycles. The van der Waals surface area contributed by atoms with Crippen LogP contribution in [0.4, 0.5) is 11.5 Å². The highest BCUT2D eigenvalue weighted by molar-refractivity contribution is 6.05. The van der Waals surface area contributed by atoms with Crippen LogP contribution in [-0.4, -0.2) is 48.5 Å². The van der Waals surface area contributed by atoms with Crippen molar-refractivity contribution in [3.05, 3.63) is 53.7 Å². The lowest BCUT2D eigenvalue weighted by molar-refractivity contribution is 0.102. The third-order valence-corrected chi connectivity index (χ3v) is 4.98. The second kappa shape index (κ2) is 8.32. The van der Waals surface area contributed by atoms with Crippen molar-refractivity contribution in [1.82, 2.24) is 9.88 Å². The molecule has 1 fully saturated rings. The number of carbonyl (C=O) groups excluding carboxylic acids is 1. The zero-order valence-corrected chi connectivity index (χ0v) is 15.9. The first-order valence-corrected chi connectivity index (χ1v) is 9.42. The smallest absolute Gasteiger partial charge is 0.255 e. The SMILES string of the molecule is CCN1CCN(c2cc(C(=O)Nc3ccccc3C(C)C)ccn2)CC1. The van der Waals surface area contributed by atoms with Gasteiger partial charge >= 0.3 is 0 Å². The molecule has 3 rings (SSSR count). The van der Waals surface area contributed by atoms with Crippen molar-refractivity contribution in [1.29, 1.82) is 0 Å². The van der Waals surface area contributed by atoms with Crippen molar-refractivity contribution in [3.63, 3.8) is 0 Å². The standard InChI is InChI=1S/C21H28N4O/c1-4-24-11-13-25(14-12-24)20-15-17(9-10-22-20)21(26)23-19-8-6-5-7-18(19)16(2)3/h5-10,15-16H,4,11-14H2,1-3H3,(H,23,26). The summed E-state index contributed by atoms with van der Waals surface area (Å²) in [6, 6.07) is 11.6. The summed E-state index contributed by atoms with van der Waals surface area (Å²) in [7, 11) is 0. The lowest BCUT2D eigenvalue weighted by atomic mass is 10.0. The minimum absolute atomic E-state index is 0.0889. The van der Waals surface area contributed by atoms with Gasteiger partial charge in [-0.25, -0.2) is 4.98 Å². The first-order valence-electron chi connectivity index (χ1n) is 9.42. The fourth-order valence-electron chi connectivity index (χ4n) is 3.33. The lowest BCUT2D eigenvalue weighted by Gasteiger charge is -2.34. The molecule has 0 aliphatic carbocycles. The van der Waals surface area contributed by atoms with Gasteiger partial charge in [-0.3, -0.25) is 4.79 Å². The van der Waals surface area contributed by atoms with Gasteiger partial charge in [0, 0.05) is 43.6 Å². The number of nitrogens with zero attached hydrogens (tertiary/aromatic N) is 3. The fourth-order valence-corrected chi connectivity index (χ4v) is 3.33. The summed E-state index contributed by atoms with van der Waals surface area (Å²) in [5, 5.41) is 3.06. The van der Waals surface area contributed by atoms with E-state index < -0.39 is 0 Å². The highest BCUT2D eigenvalue weighted by Crippen LogP contribution is 2.24. The van der Waals surface area contributed by atoms with Crippen LogP contribution in [0.2, 0.25) is 0 Å². The van der Waals surface area contributed by atoms with Crippen LogP contribution in [0.25, 0.3) is 0 Å². The minimum Gasteiger partial charge on any atom is -0.354 e. The van der Waals surface area contributed by atoms with Gasteiger partial charge in [-0.2, -0.15) is 0 Å². The van der Waals surface area contributed by atoms with Gasteiger partial charge in [0.2, 0.25) is 0 Å². The van der Waals surface area contributed by atoms with E-state index in [1.54, 1.807) is 12.3 Å². The molecule has 1 aliphatic rings. The zero-order valence-electron chi connectivity index (χ0n) is 15.9. The van der Waals surface area contributed by atoms with E-state index in [2.05, 4.69) is 46.9 Å². The number of nitrogens with one attached hydrogen (secondary N) is 1. The second-order valence-corrected chi connectivity index (χ2v) is 7.02. The Morgan fingerprint density at radius 2 is 1.88 bits per heavy atom. The molecule has 1 aromatic heterocycles. The fraction of sp³-hybridized carbons (Fsp3) is 0.429. The van der Waals surface area contributed by atoms with E-state index in [4.69, 9.17) is 0 Å². The van der Waals surface area contributed by atoms with Crippen LogP contribution in [0.15, 0.2) is 42.6 Å². The minimum atomic E-state index is -0.0889. The molecular weight excluding hydrogens is 324 g/mol. The first-order chi connectivity index (χ1) is 12.6. The topological polar surface area (TPSA) is 48.5 Å². The van der Waals surface area contributed by atoms with Crippen molar-refractivity contribution >= 4 is 17.4 Å². The number of pyridine rings is 1. The van der Waals surface area contributed by atoms with Crippen LogP contribution in [0.3, 0.4) is 0 Å². The number of anilines is 2. The molecule has 0 spiro atoms. The van der Waals surface area contributed by atoms with Gasteiger partial charge in [-0.15, -0.1) is 0 Å². The molecule has 0 atom stereocenters. The Morgan fingerprint density at radius 3 is 2.58 bits per heavy atom. The zero-order chi connectivity index (χ0) is 18.5. The van der Waals surface area contributed by atoms with E-state index in [1.165, 1.54) is 0 Å². The Labute approximate surface area is 156 Å². The predicted octanol–water partition coefficient (Wildman–Crippen LogP) is 3.60. The first kappa shape index (κ1) is 18.4. The maximum absolute atomic E-state index is 12.8.